The van der Waals surface area contributed by atoms with Crippen molar-refractivity contribution in [1.29, 1.82) is 0 Å². The maximum atomic E-state index is 11.1. The van der Waals surface area contributed by atoms with Gasteiger partial charge in [0.25, 0.3) is 0 Å². The van der Waals surface area contributed by atoms with Crippen LogP contribution < -0.4 is 0 Å². The summed E-state index contributed by atoms with van der Waals surface area (Å²) >= 11 is 25.6. The fourth-order valence-corrected chi connectivity index (χ4v) is 4.40. The highest BCUT2D eigenvalue weighted by Crippen LogP contribution is 2.37. The molecule has 10 heteroatoms. The van der Waals surface area contributed by atoms with Crippen molar-refractivity contribution < 1.29 is 19.1 Å². The zero-order valence-corrected chi connectivity index (χ0v) is 14.2. The smallest absolute Gasteiger partial charge is 0.352 e. The van der Waals surface area contributed by atoms with Gasteiger partial charge in [-0.2, -0.15) is 0 Å². The molecule has 0 aromatic carbocycles. The van der Waals surface area contributed by atoms with Gasteiger partial charge >= 0.3 is 11.9 Å². The molecule has 2 unspecified atom stereocenters. The number of hydrogen-bond donors (Lipinski definition) is 0. The van der Waals surface area contributed by atoms with Gasteiger partial charge in [-0.1, -0.05) is 46.4 Å². The van der Waals surface area contributed by atoms with Crippen LogP contribution in [0.4, 0.5) is 0 Å². The van der Waals surface area contributed by atoms with Crippen LogP contribution in [-0.4, -0.2) is 34.3 Å². The molecule has 20 heavy (non-hydrogen) atoms. The Kier molecular flexibility index (Phi) is 5.85. The second-order valence-electron chi connectivity index (χ2n) is 3.54. The predicted molar refractivity (Wildman–Crippen MR) is 82.1 cm³/mol. The first-order valence-electron chi connectivity index (χ1n) is 5.17. The molecule has 2 heterocycles. The zero-order chi connectivity index (χ0) is 14.9. The lowest BCUT2D eigenvalue weighted by molar-refractivity contribution is -0.137. The van der Waals surface area contributed by atoms with E-state index in [0.29, 0.717) is 11.5 Å². The summed E-state index contributed by atoms with van der Waals surface area (Å²) in [6, 6.07) is 0. The van der Waals surface area contributed by atoms with Crippen molar-refractivity contribution in [3.8, 4) is 0 Å². The molecule has 0 aliphatic carbocycles. The molecule has 0 aromatic rings. The molecule has 0 amide bonds. The highest BCUT2D eigenvalue weighted by molar-refractivity contribution is 8.03. The van der Waals surface area contributed by atoms with Crippen molar-refractivity contribution >= 4 is 81.9 Å². The molecule has 110 valence electrons. The molecule has 2 aliphatic rings. The summed E-state index contributed by atoms with van der Waals surface area (Å²) in [5.41, 5.74) is -1.17. The fourth-order valence-electron chi connectivity index (χ4n) is 1.33. The number of halogens is 4. The minimum Gasteiger partial charge on any atom is -0.441 e. The molecule has 0 fully saturated rings. The van der Waals surface area contributed by atoms with E-state index in [0.717, 1.165) is 0 Å². The van der Waals surface area contributed by atoms with Crippen LogP contribution in [0.2, 0.25) is 0 Å². The summed E-state index contributed by atoms with van der Waals surface area (Å²) in [5, 5.41) is 0.221. The quantitative estimate of drug-likeness (QED) is 0.523. The van der Waals surface area contributed by atoms with Crippen LogP contribution in [0.1, 0.15) is 0 Å². The maximum Gasteiger partial charge on any atom is 0.352 e. The molecular formula is C10H6Cl4O4S2. The number of cyclic esters (lactones) is 2. The van der Waals surface area contributed by atoms with Gasteiger partial charge in [0.2, 0.25) is 0 Å². The van der Waals surface area contributed by atoms with E-state index >= 15 is 0 Å². The van der Waals surface area contributed by atoms with Crippen molar-refractivity contribution in [3.05, 3.63) is 20.1 Å². The lowest BCUT2D eigenvalue weighted by Gasteiger charge is -2.11. The molecule has 2 atom stereocenters. The van der Waals surface area contributed by atoms with Crippen LogP contribution in [0.5, 0.6) is 0 Å². The molecule has 4 nitrogen and oxygen atoms in total. The molecular weight excluding hydrogens is 390 g/mol. The molecule has 0 radical (unpaired) electrons. The minimum absolute atomic E-state index is 0.0840. The van der Waals surface area contributed by atoms with Gasteiger partial charge in [-0.05, 0) is 0 Å². The van der Waals surface area contributed by atoms with E-state index in [-0.39, 0.29) is 20.1 Å². The molecule has 0 aromatic heterocycles. The number of carbonyl (C=O) groups excluding carboxylic acids is 2. The first-order valence-corrected chi connectivity index (χ1v) is 8.78. The molecule has 2 rings (SSSR count). The Bertz CT molecular complexity index is 473. The van der Waals surface area contributed by atoms with Gasteiger partial charge in [0.05, 0.1) is 10.1 Å². The van der Waals surface area contributed by atoms with Gasteiger partial charge in [0.15, 0.2) is 10.9 Å². The number of ether oxygens (including phenoxy) is 2. The van der Waals surface area contributed by atoms with Crippen LogP contribution in [0, 0.1) is 0 Å². The van der Waals surface area contributed by atoms with Gasteiger partial charge in [0.1, 0.15) is 10.1 Å². The summed E-state index contributed by atoms with van der Waals surface area (Å²) in [5.74, 6) is -0.0499. The summed E-state index contributed by atoms with van der Waals surface area (Å²) < 4.78 is 9.90. The molecule has 0 N–H and O–H groups in total. The standard InChI is InChI=1S/C10H6Cl4O4S2/c11-3-5(13)9(17-7(3)15)19-1-2-20-10-6(14)4(12)8(16)18-10/h9-10H,1-2H2. The van der Waals surface area contributed by atoms with Crippen molar-refractivity contribution in [2.24, 2.45) is 0 Å². The minimum atomic E-state index is -0.621. The Morgan fingerprint density at radius 2 is 1.15 bits per heavy atom. The van der Waals surface area contributed by atoms with Crippen LogP contribution in [0.3, 0.4) is 0 Å². The fraction of sp³-hybridized carbons (Fsp3) is 0.400. The SMILES string of the molecule is O=C1OC(SCCSC2OC(=O)C(Cl)=C2Cl)C(Cl)=C1Cl. The van der Waals surface area contributed by atoms with Crippen LogP contribution >= 0.6 is 69.9 Å². The average molecular weight is 396 g/mol. The van der Waals surface area contributed by atoms with E-state index in [4.69, 9.17) is 55.9 Å². The zero-order valence-electron chi connectivity index (χ0n) is 9.53. The van der Waals surface area contributed by atoms with Crippen molar-refractivity contribution in [1.82, 2.24) is 0 Å². The summed E-state index contributed by atoms with van der Waals surface area (Å²) in [7, 11) is 0. The normalized spacial score (nSPS) is 26.4. The Morgan fingerprint density at radius 1 is 0.800 bits per heavy atom. The monoisotopic (exact) mass is 394 g/mol. The van der Waals surface area contributed by atoms with E-state index < -0.39 is 22.8 Å². The molecule has 0 spiro atoms. The van der Waals surface area contributed by atoms with Gasteiger partial charge in [-0.3, -0.25) is 0 Å². The van der Waals surface area contributed by atoms with Gasteiger partial charge in [0, 0.05) is 11.5 Å². The third-order valence-corrected chi connectivity index (χ3v) is 6.59. The third-order valence-electron chi connectivity index (χ3n) is 2.24. The number of thioether (sulfide) groups is 2. The largest absolute Gasteiger partial charge is 0.441 e. The molecule has 2 aliphatic heterocycles. The number of esters is 2. The van der Waals surface area contributed by atoms with E-state index in [2.05, 4.69) is 0 Å². The summed E-state index contributed by atoms with van der Waals surface area (Å²) in [6.07, 6.45) is 0. The summed E-state index contributed by atoms with van der Waals surface area (Å²) in [4.78, 5) is 22.3. The first kappa shape index (κ1) is 16.6. The Hall–Kier alpha value is 0.280. The summed E-state index contributed by atoms with van der Waals surface area (Å²) in [6.45, 7) is 0. The van der Waals surface area contributed by atoms with Crippen LogP contribution in [-0.2, 0) is 19.1 Å². The number of hydrogen-bond acceptors (Lipinski definition) is 6. The van der Waals surface area contributed by atoms with E-state index in [1.54, 1.807) is 0 Å². The van der Waals surface area contributed by atoms with Gasteiger partial charge in [-0.25, -0.2) is 9.59 Å². The second-order valence-corrected chi connectivity index (χ2v) is 7.45. The van der Waals surface area contributed by atoms with Crippen LogP contribution in [0.15, 0.2) is 20.1 Å². The van der Waals surface area contributed by atoms with E-state index in [1.807, 2.05) is 0 Å². The van der Waals surface area contributed by atoms with E-state index in [1.165, 1.54) is 23.5 Å². The van der Waals surface area contributed by atoms with Gasteiger partial charge < -0.3 is 9.47 Å². The lowest BCUT2D eigenvalue weighted by Crippen LogP contribution is -2.09. The average Bonchev–Trinajstić information content (AvgIpc) is 2.80. The van der Waals surface area contributed by atoms with Crippen molar-refractivity contribution in [2.45, 2.75) is 10.9 Å². The lowest BCUT2D eigenvalue weighted by atomic mass is 10.5. The third kappa shape index (κ3) is 3.54. The Balaban J connectivity index is 1.74. The first-order chi connectivity index (χ1) is 9.41. The maximum absolute atomic E-state index is 11.1. The Morgan fingerprint density at radius 3 is 1.40 bits per heavy atom. The van der Waals surface area contributed by atoms with Crippen LogP contribution in [0.25, 0.3) is 0 Å². The second kappa shape index (κ2) is 7.03. The topological polar surface area (TPSA) is 52.6 Å². The van der Waals surface area contributed by atoms with Gasteiger partial charge in [-0.15, -0.1) is 23.5 Å². The molecule has 0 saturated carbocycles. The highest BCUT2D eigenvalue weighted by atomic mass is 35.5. The van der Waals surface area contributed by atoms with E-state index in [9.17, 15) is 9.59 Å². The molecule has 0 saturated heterocycles. The van der Waals surface area contributed by atoms with Crippen molar-refractivity contribution in [2.75, 3.05) is 11.5 Å². The Labute approximate surface area is 143 Å². The van der Waals surface area contributed by atoms with Crippen molar-refractivity contribution in [3.63, 3.8) is 0 Å². The molecule has 0 bridgehead atoms. The highest BCUT2D eigenvalue weighted by Gasteiger charge is 2.34. The predicted octanol–water partition coefficient (Wildman–Crippen LogP) is 3.60. The number of rotatable bonds is 5. The number of carbonyl (C=O) groups is 2.